The van der Waals surface area contributed by atoms with Crippen molar-refractivity contribution in [1.29, 1.82) is 0 Å². The average Bonchev–Trinajstić information content (AvgIpc) is 3.64. The molecule has 6 aromatic carbocycles. The van der Waals surface area contributed by atoms with Crippen LogP contribution in [0.1, 0.15) is 43.2 Å². The number of hydrogen-bond donors (Lipinski definition) is 0. The van der Waals surface area contributed by atoms with Crippen molar-refractivity contribution in [3.8, 4) is 22.3 Å². The summed E-state index contributed by atoms with van der Waals surface area (Å²) in [5.41, 5.74) is 12.5. The second-order valence-corrected chi connectivity index (χ2v) is 16.1. The molecule has 0 amide bonds. The highest BCUT2D eigenvalue weighted by molar-refractivity contribution is 7.25. The first kappa shape index (κ1) is 27.3. The van der Waals surface area contributed by atoms with Crippen LogP contribution in [0.3, 0.4) is 0 Å². The second-order valence-electron chi connectivity index (χ2n) is 15.0. The molecule has 0 atom stereocenters. The average molecular weight is 636 g/mol. The molecule has 0 N–H and O–H groups in total. The number of anilines is 3. The summed E-state index contributed by atoms with van der Waals surface area (Å²) in [6.07, 6.45) is 7.14. The summed E-state index contributed by atoms with van der Waals surface area (Å²) < 4.78 is 2.68. The molecular formula is C46H37NS. The summed E-state index contributed by atoms with van der Waals surface area (Å²) in [4.78, 5) is 2.50. The summed E-state index contributed by atoms with van der Waals surface area (Å²) in [6, 6.07) is 52.8. The van der Waals surface area contributed by atoms with Crippen LogP contribution >= 0.6 is 11.3 Å². The molecule has 4 saturated carbocycles. The molecule has 1 heterocycles. The molecule has 1 nitrogen and oxygen atoms in total. The van der Waals surface area contributed by atoms with E-state index in [1.54, 1.807) is 11.1 Å². The van der Waals surface area contributed by atoms with Gasteiger partial charge in [-0.1, -0.05) is 97.1 Å². The Morgan fingerprint density at radius 1 is 0.458 bits per heavy atom. The molecule has 0 unspecified atom stereocenters. The number of hydrogen-bond acceptors (Lipinski definition) is 2. The fourth-order valence-electron chi connectivity index (χ4n) is 11.0. The molecule has 12 rings (SSSR count). The molecule has 4 fully saturated rings. The van der Waals surface area contributed by atoms with Gasteiger partial charge in [-0.25, -0.2) is 0 Å². The van der Waals surface area contributed by atoms with E-state index in [-0.39, 0.29) is 5.41 Å². The van der Waals surface area contributed by atoms with Crippen LogP contribution in [0.25, 0.3) is 42.4 Å². The standard InChI is InChI=1S/C46H37NS/c1-2-9-31(10-3-1)32-11-8-12-35(26-32)47(37-17-19-40-39-14-5-7-16-44(39)48-45(40)28-37)36-18-20-43-41(27-36)38-13-4-6-15-42(38)46(43)33-22-29-21-30(24-33)25-34(46)23-29/h1-20,26-30,33-34H,21-25H2. The lowest BCUT2D eigenvalue weighted by atomic mass is 9.43. The molecule has 2 heteroatoms. The Morgan fingerprint density at radius 3 is 1.96 bits per heavy atom. The number of nitrogens with zero attached hydrogens (tertiary/aromatic N) is 1. The molecule has 48 heavy (non-hydrogen) atoms. The zero-order valence-corrected chi connectivity index (χ0v) is 27.8. The minimum Gasteiger partial charge on any atom is -0.310 e. The van der Waals surface area contributed by atoms with Crippen molar-refractivity contribution in [2.24, 2.45) is 23.7 Å². The Balaban J connectivity index is 1.12. The predicted octanol–water partition coefficient (Wildman–Crippen LogP) is 12.9. The van der Waals surface area contributed by atoms with Crippen LogP contribution in [-0.4, -0.2) is 0 Å². The summed E-state index contributed by atoms with van der Waals surface area (Å²) in [7, 11) is 0. The Morgan fingerprint density at radius 2 is 1.10 bits per heavy atom. The van der Waals surface area contributed by atoms with Gasteiger partial charge < -0.3 is 4.90 Å². The van der Waals surface area contributed by atoms with E-state index in [0.29, 0.717) is 0 Å². The smallest absolute Gasteiger partial charge is 0.0476 e. The number of fused-ring (bicyclic) bond motifs is 6. The second kappa shape index (κ2) is 10.2. The minimum absolute atomic E-state index is 0.186. The normalized spacial score (nSPS) is 24.8. The molecule has 0 radical (unpaired) electrons. The van der Waals surface area contributed by atoms with Crippen LogP contribution in [0.15, 0.2) is 140 Å². The summed E-state index contributed by atoms with van der Waals surface area (Å²) in [5, 5.41) is 2.68. The van der Waals surface area contributed by atoms with Crippen molar-refractivity contribution in [3.05, 3.63) is 151 Å². The monoisotopic (exact) mass is 635 g/mol. The maximum Gasteiger partial charge on any atom is 0.0476 e. The number of thiophene rings is 1. The largest absolute Gasteiger partial charge is 0.310 e. The molecule has 5 aliphatic rings. The van der Waals surface area contributed by atoms with Crippen molar-refractivity contribution in [2.45, 2.75) is 37.5 Å². The van der Waals surface area contributed by atoms with Crippen molar-refractivity contribution in [3.63, 3.8) is 0 Å². The van der Waals surface area contributed by atoms with Gasteiger partial charge in [-0.15, -0.1) is 11.3 Å². The quantitative estimate of drug-likeness (QED) is 0.186. The molecule has 5 aliphatic carbocycles. The van der Waals surface area contributed by atoms with E-state index >= 15 is 0 Å². The molecule has 7 aromatic rings. The van der Waals surface area contributed by atoms with Gasteiger partial charge in [0.25, 0.3) is 0 Å². The van der Waals surface area contributed by atoms with Gasteiger partial charge >= 0.3 is 0 Å². The Bertz CT molecular complexity index is 2350. The minimum atomic E-state index is 0.186. The zero-order chi connectivity index (χ0) is 31.4. The van der Waals surface area contributed by atoms with Gasteiger partial charge in [0.2, 0.25) is 0 Å². The van der Waals surface area contributed by atoms with Crippen LogP contribution in [0.4, 0.5) is 17.1 Å². The third-order valence-electron chi connectivity index (χ3n) is 12.6. The maximum atomic E-state index is 2.55. The topological polar surface area (TPSA) is 3.24 Å². The van der Waals surface area contributed by atoms with Crippen LogP contribution in [0.2, 0.25) is 0 Å². The molecule has 0 aliphatic heterocycles. The van der Waals surface area contributed by atoms with Crippen LogP contribution < -0.4 is 4.90 Å². The van der Waals surface area contributed by atoms with Crippen molar-refractivity contribution in [2.75, 3.05) is 4.90 Å². The van der Waals surface area contributed by atoms with Gasteiger partial charge in [-0.05, 0) is 132 Å². The van der Waals surface area contributed by atoms with Gasteiger partial charge in [0.15, 0.2) is 0 Å². The van der Waals surface area contributed by atoms with Crippen LogP contribution in [0.5, 0.6) is 0 Å². The number of rotatable bonds is 4. The van der Waals surface area contributed by atoms with Gasteiger partial charge in [-0.3, -0.25) is 0 Å². The fourth-order valence-corrected chi connectivity index (χ4v) is 12.2. The lowest BCUT2D eigenvalue weighted by Crippen LogP contribution is -2.55. The molecule has 1 spiro atoms. The predicted molar refractivity (Wildman–Crippen MR) is 203 cm³/mol. The van der Waals surface area contributed by atoms with Crippen LogP contribution in [-0.2, 0) is 5.41 Å². The maximum absolute atomic E-state index is 2.55. The van der Waals surface area contributed by atoms with E-state index in [2.05, 4.69) is 144 Å². The highest BCUT2D eigenvalue weighted by atomic mass is 32.1. The first-order valence-electron chi connectivity index (χ1n) is 17.9. The van der Waals surface area contributed by atoms with Gasteiger partial charge in [0.05, 0.1) is 0 Å². The molecule has 1 aromatic heterocycles. The first-order valence-corrected chi connectivity index (χ1v) is 18.7. The molecule has 0 saturated heterocycles. The van der Waals surface area contributed by atoms with E-state index in [4.69, 9.17) is 0 Å². The SMILES string of the molecule is c1ccc(-c2cccc(N(c3ccc4c(c3)-c3ccccc3C43C4CC5CC(C4)CC3C5)c3ccc4c(c3)sc3ccccc34)c2)cc1. The number of benzene rings is 6. The molecular weight excluding hydrogens is 599 g/mol. The van der Waals surface area contributed by atoms with Crippen molar-refractivity contribution < 1.29 is 0 Å². The lowest BCUT2D eigenvalue weighted by molar-refractivity contribution is -0.0399. The Hall–Kier alpha value is -4.66. The summed E-state index contributed by atoms with van der Waals surface area (Å²) in [5.74, 6) is 3.45. The lowest BCUT2D eigenvalue weighted by Gasteiger charge is -2.61. The highest BCUT2D eigenvalue weighted by Gasteiger charge is 2.61. The third kappa shape index (κ3) is 3.78. The Kier molecular flexibility index (Phi) is 5.79. The fraction of sp³-hybridized carbons (Fsp3) is 0.217. The van der Waals surface area contributed by atoms with Gasteiger partial charge in [0, 0.05) is 42.6 Å². The molecule has 4 bridgehead atoms. The van der Waals surface area contributed by atoms with E-state index in [1.165, 1.54) is 91.6 Å². The third-order valence-corrected chi connectivity index (χ3v) is 13.8. The summed E-state index contributed by atoms with van der Waals surface area (Å²) in [6.45, 7) is 0. The van der Waals surface area contributed by atoms with Crippen molar-refractivity contribution >= 4 is 48.6 Å². The van der Waals surface area contributed by atoms with E-state index in [0.717, 1.165) is 23.7 Å². The zero-order valence-electron chi connectivity index (χ0n) is 27.0. The van der Waals surface area contributed by atoms with E-state index < -0.39 is 0 Å². The van der Waals surface area contributed by atoms with Gasteiger partial charge in [0.1, 0.15) is 0 Å². The summed E-state index contributed by atoms with van der Waals surface area (Å²) >= 11 is 1.90. The van der Waals surface area contributed by atoms with Crippen molar-refractivity contribution in [1.82, 2.24) is 0 Å². The molecule has 232 valence electrons. The van der Waals surface area contributed by atoms with E-state index in [1.807, 2.05) is 11.3 Å². The highest BCUT2D eigenvalue weighted by Crippen LogP contribution is 2.69. The van der Waals surface area contributed by atoms with Gasteiger partial charge in [-0.2, -0.15) is 0 Å². The van der Waals surface area contributed by atoms with Crippen LogP contribution in [0, 0.1) is 23.7 Å². The van der Waals surface area contributed by atoms with E-state index in [9.17, 15) is 0 Å². The Labute approximate surface area is 286 Å². The first-order chi connectivity index (χ1) is 23.7.